The van der Waals surface area contributed by atoms with Gasteiger partial charge in [0, 0.05) is 22.9 Å². The van der Waals surface area contributed by atoms with E-state index in [1.54, 1.807) is 6.92 Å². The van der Waals surface area contributed by atoms with Crippen molar-refractivity contribution >= 4 is 29.2 Å². The van der Waals surface area contributed by atoms with Crippen LogP contribution in [0.1, 0.15) is 6.92 Å². The Hall–Kier alpha value is 0.360. The third kappa shape index (κ3) is 2.59. The van der Waals surface area contributed by atoms with Gasteiger partial charge < -0.3 is 4.79 Å². The van der Waals surface area contributed by atoms with Gasteiger partial charge in [0.25, 0.3) is 0 Å². The Labute approximate surface area is 50.8 Å². The van der Waals surface area contributed by atoms with Crippen molar-refractivity contribution in [3.05, 3.63) is 0 Å². The van der Waals surface area contributed by atoms with Crippen molar-refractivity contribution in [1.29, 1.82) is 0 Å². The van der Waals surface area contributed by atoms with Crippen LogP contribution in [0.4, 0.5) is 0 Å². The fraction of sp³-hybridized carbons (Fsp3) is 0.667. The molecular formula is C3H6INO. The number of rotatable bonds is 2. The van der Waals surface area contributed by atoms with Crippen LogP contribution in [0.15, 0.2) is 0 Å². The van der Waals surface area contributed by atoms with Crippen LogP contribution in [-0.2, 0) is 4.79 Å². The molecule has 0 bridgehead atoms. The quantitative estimate of drug-likeness (QED) is 0.399. The van der Waals surface area contributed by atoms with E-state index < -0.39 is 0 Å². The molecule has 0 radical (unpaired) electrons. The van der Waals surface area contributed by atoms with Crippen LogP contribution in [0.2, 0.25) is 0 Å². The second-order valence-electron chi connectivity index (χ2n) is 1.03. The molecule has 0 aliphatic carbocycles. The highest BCUT2D eigenvalue weighted by atomic mass is 127. The zero-order chi connectivity index (χ0) is 4.99. The summed E-state index contributed by atoms with van der Waals surface area (Å²) in [5.74, 6) is 0. The van der Waals surface area contributed by atoms with Gasteiger partial charge in [-0.3, -0.25) is 3.53 Å². The maximum absolute atomic E-state index is 9.67. The molecule has 0 aromatic carbocycles. The van der Waals surface area contributed by atoms with Crippen LogP contribution in [0.3, 0.4) is 0 Å². The molecule has 6 heavy (non-hydrogen) atoms. The molecule has 0 aliphatic rings. The molecule has 0 aliphatic heterocycles. The van der Waals surface area contributed by atoms with Gasteiger partial charge in [-0.25, -0.2) is 0 Å². The van der Waals surface area contributed by atoms with E-state index in [4.69, 9.17) is 0 Å². The van der Waals surface area contributed by atoms with Gasteiger partial charge >= 0.3 is 0 Å². The van der Waals surface area contributed by atoms with Gasteiger partial charge in [0.2, 0.25) is 0 Å². The van der Waals surface area contributed by atoms with E-state index in [0.29, 0.717) is 0 Å². The average molecular weight is 199 g/mol. The van der Waals surface area contributed by atoms with Crippen molar-refractivity contribution in [2.45, 2.75) is 13.0 Å². The van der Waals surface area contributed by atoms with Gasteiger partial charge in [0.05, 0.1) is 6.04 Å². The Morgan fingerprint density at radius 2 is 2.50 bits per heavy atom. The molecule has 0 aromatic rings. The van der Waals surface area contributed by atoms with E-state index >= 15 is 0 Å². The lowest BCUT2D eigenvalue weighted by Crippen LogP contribution is -2.15. The molecule has 0 unspecified atom stereocenters. The number of halogens is 1. The standard InChI is InChI=1S/C3H6INO/c1-3(2-6)5-4/h2-3,5H,1H3/t3-/m0/s1. The lowest BCUT2D eigenvalue weighted by atomic mass is 10.4. The minimum absolute atomic E-state index is 0.00870. The smallest absolute Gasteiger partial charge is 0.137 e. The van der Waals surface area contributed by atoms with E-state index in [9.17, 15) is 4.79 Å². The predicted octanol–water partition coefficient (Wildman–Crippen LogP) is 0.513. The molecule has 0 amide bonds. The SMILES string of the molecule is C[C@@H](C=O)NI. The topological polar surface area (TPSA) is 29.1 Å². The number of hydrogen-bond acceptors (Lipinski definition) is 2. The van der Waals surface area contributed by atoms with Crippen molar-refractivity contribution in [1.82, 2.24) is 3.53 Å². The van der Waals surface area contributed by atoms with Gasteiger partial charge in [-0.1, -0.05) is 0 Å². The highest BCUT2D eigenvalue weighted by Crippen LogP contribution is 1.75. The van der Waals surface area contributed by atoms with E-state index in [1.165, 1.54) is 0 Å². The molecular weight excluding hydrogens is 193 g/mol. The van der Waals surface area contributed by atoms with Crippen molar-refractivity contribution in [2.24, 2.45) is 0 Å². The number of carbonyl (C=O) groups is 1. The molecule has 0 saturated carbocycles. The van der Waals surface area contributed by atoms with E-state index in [0.717, 1.165) is 6.29 Å². The van der Waals surface area contributed by atoms with Crippen molar-refractivity contribution in [3.63, 3.8) is 0 Å². The molecule has 0 aromatic heterocycles. The summed E-state index contributed by atoms with van der Waals surface area (Å²) in [7, 11) is 0. The summed E-state index contributed by atoms with van der Waals surface area (Å²) in [5.41, 5.74) is 0. The first-order valence-corrected chi connectivity index (χ1v) is 2.70. The largest absolute Gasteiger partial charge is 0.302 e. The summed E-state index contributed by atoms with van der Waals surface area (Å²) >= 11 is 1.93. The molecule has 2 nitrogen and oxygen atoms in total. The van der Waals surface area contributed by atoms with Crippen molar-refractivity contribution in [2.75, 3.05) is 0 Å². The minimum Gasteiger partial charge on any atom is -0.302 e. The molecule has 0 saturated heterocycles. The third-order valence-corrected chi connectivity index (χ3v) is 1.36. The summed E-state index contributed by atoms with van der Waals surface area (Å²) in [6.07, 6.45) is 0.854. The van der Waals surface area contributed by atoms with Crippen molar-refractivity contribution in [3.8, 4) is 0 Å². The first-order chi connectivity index (χ1) is 2.81. The zero-order valence-electron chi connectivity index (χ0n) is 3.44. The molecule has 0 heterocycles. The monoisotopic (exact) mass is 199 g/mol. The van der Waals surface area contributed by atoms with Gasteiger partial charge in [-0.05, 0) is 6.92 Å². The fourth-order valence-corrected chi connectivity index (χ4v) is 0.173. The molecule has 0 rings (SSSR count). The molecule has 0 spiro atoms. The maximum Gasteiger partial charge on any atom is 0.137 e. The van der Waals surface area contributed by atoms with Gasteiger partial charge in [-0.2, -0.15) is 0 Å². The highest BCUT2D eigenvalue weighted by Gasteiger charge is 1.88. The Balaban J connectivity index is 2.96. The second kappa shape index (κ2) is 3.55. The number of aldehydes is 1. The molecule has 1 atom stereocenters. The summed E-state index contributed by atoms with van der Waals surface area (Å²) in [5, 5.41) is 0. The van der Waals surface area contributed by atoms with E-state index in [2.05, 4.69) is 3.53 Å². The summed E-state index contributed by atoms with van der Waals surface area (Å²) < 4.78 is 2.72. The maximum atomic E-state index is 9.67. The van der Waals surface area contributed by atoms with E-state index in [1.807, 2.05) is 22.9 Å². The Morgan fingerprint density at radius 1 is 2.00 bits per heavy atom. The first kappa shape index (κ1) is 6.36. The van der Waals surface area contributed by atoms with Crippen molar-refractivity contribution < 1.29 is 4.79 Å². The predicted molar refractivity (Wildman–Crippen MR) is 32.7 cm³/mol. The number of hydrogen-bond donors (Lipinski definition) is 1. The zero-order valence-corrected chi connectivity index (χ0v) is 5.60. The molecule has 0 fully saturated rings. The second-order valence-corrected chi connectivity index (χ2v) is 1.66. The highest BCUT2D eigenvalue weighted by molar-refractivity contribution is 14.1. The fourth-order valence-electron chi connectivity index (χ4n) is 0.0257. The lowest BCUT2D eigenvalue weighted by molar-refractivity contribution is -0.108. The van der Waals surface area contributed by atoms with Crippen LogP contribution in [0.25, 0.3) is 0 Å². The Kier molecular flexibility index (Phi) is 3.76. The van der Waals surface area contributed by atoms with Crippen LogP contribution < -0.4 is 3.53 Å². The van der Waals surface area contributed by atoms with Crippen LogP contribution in [-0.4, -0.2) is 12.3 Å². The molecule has 36 valence electrons. The normalized spacial score (nSPS) is 13.7. The van der Waals surface area contributed by atoms with Crippen LogP contribution in [0.5, 0.6) is 0 Å². The molecule has 1 N–H and O–H groups in total. The number of carbonyl (C=O) groups excluding carboxylic acids is 1. The Morgan fingerprint density at radius 3 is 2.50 bits per heavy atom. The summed E-state index contributed by atoms with van der Waals surface area (Å²) in [6, 6.07) is -0.00870. The summed E-state index contributed by atoms with van der Waals surface area (Å²) in [4.78, 5) is 9.67. The Bertz CT molecular complexity index is 48.1. The van der Waals surface area contributed by atoms with E-state index in [-0.39, 0.29) is 6.04 Å². The first-order valence-electron chi connectivity index (χ1n) is 1.62. The number of nitrogens with one attached hydrogen (secondary N) is 1. The van der Waals surface area contributed by atoms with Gasteiger partial charge in [0.15, 0.2) is 0 Å². The van der Waals surface area contributed by atoms with Gasteiger partial charge in [-0.15, -0.1) is 0 Å². The average Bonchev–Trinajstić information content (AvgIpc) is 1.65. The third-order valence-electron chi connectivity index (χ3n) is 0.376. The summed E-state index contributed by atoms with van der Waals surface area (Å²) in [6.45, 7) is 1.79. The lowest BCUT2D eigenvalue weighted by Gasteiger charge is -1.91. The molecule has 3 heteroatoms. The minimum atomic E-state index is -0.00870. The van der Waals surface area contributed by atoms with Crippen LogP contribution >= 0.6 is 22.9 Å². The van der Waals surface area contributed by atoms with Crippen LogP contribution in [0, 0.1) is 0 Å². The van der Waals surface area contributed by atoms with Gasteiger partial charge in [0.1, 0.15) is 6.29 Å².